The van der Waals surface area contributed by atoms with Crippen molar-refractivity contribution in [3.8, 4) is 11.5 Å². The fourth-order valence-corrected chi connectivity index (χ4v) is 5.76. The summed E-state index contributed by atoms with van der Waals surface area (Å²) in [4.78, 5) is 28.1. The maximum atomic E-state index is 13.4. The molecule has 37 heavy (non-hydrogen) atoms. The van der Waals surface area contributed by atoms with Gasteiger partial charge in [0.05, 0.1) is 29.9 Å². The summed E-state index contributed by atoms with van der Waals surface area (Å²) >= 11 is 2.07. The molecule has 1 saturated carbocycles. The molecule has 10 heteroatoms. The van der Waals surface area contributed by atoms with Gasteiger partial charge in [0.1, 0.15) is 12.2 Å². The Morgan fingerprint density at radius 2 is 1.97 bits per heavy atom. The average molecular weight is 629 g/mol. The Morgan fingerprint density at radius 3 is 2.59 bits per heavy atom. The van der Waals surface area contributed by atoms with Gasteiger partial charge < -0.3 is 35.0 Å². The summed E-state index contributed by atoms with van der Waals surface area (Å²) in [6.07, 6.45) is 7.44. The third kappa shape index (κ3) is 7.24. The number of halogens is 1. The van der Waals surface area contributed by atoms with Gasteiger partial charge >= 0.3 is 0 Å². The normalized spacial score (nSPS) is 22.1. The van der Waals surface area contributed by atoms with Gasteiger partial charge in [0.25, 0.3) is 0 Å². The van der Waals surface area contributed by atoms with Crippen molar-refractivity contribution in [2.45, 2.75) is 76.3 Å². The summed E-state index contributed by atoms with van der Waals surface area (Å²) < 4.78 is 12.4. The van der Waals surface area contributed by atoms with Crippen LogP contribution in [0.15, 0.2) is 35.9 Å². The Hall–Kier alpha value is -2.15. The zero-order valence-corrected chi connectivity index (χ0v) is 23.5. The van der Waals surface area contributed by atoms with Crippen LogP contribution in [0.25, 0.3) is 0 Å². The molecule has 0 spiro atoms. The second-order valence-electron chi connectivity index (χ2n) is 9.28. The Morgan fingerprint density at radius 1 is 1.24 bits per heavy atom. The number of carbonyl (C=O) groups excluding carboxylic acids is 2. The highest BCUT2D eigenvalue weighted by molar-refractivity contribution is 14.1. The molecule has 1 aromatic carbocycles. The number of hydrogen-bond donors (Lipinski definition) is 4. The molecule has 1 fully saturated rings. The van der Waals surface area contributed by atoms with Crippen LogP contribution < -0.4 is 14.8 Å². The van der Waals surface area contributed by atoms with Crippen LogP contribution in [0.1, 0.15) is 51.0 Å². The van der Waals surface area contributed by atoms with Crippen molar-refractivity contribution in [1.82, 2.24) is 10.2 Å². The molecule has 4 N–H and O–H groups in total. The summed E-state index contributed by atoms with van der Waals surface area (Å²) in [5, 5.41) is 33.0. The number of methoxy groups -OCH3 is 1. The number of benzene rings is 1. The van der Waals surface area contributed by atoms with Gasteiger partial charge in [0.15, 0.2) is 11.5 Å². The molecule has 0 radical (unpaired) electrons. The second-order valence-corrected chi connectivity index (χ2v) is 10.4. The zero-order valence-electron chi connectivity index (χ0n) is 21.4. The first-order chi connectivity index (χ1) is 17.8. The van der Waals surface area contributed by atoms with E-state index in [1.54, 1.807) is 35.3 Å². The van der Waals surface area contributed by atoms with Crippen LogP contribution in [0.3, 0.4) is 0 Å². The lowest BCUT2D eigenvalue weighted by atomic mass is 9.87. The minimum Gasteiger partial charge on any atom is -0.493 e. The second kappa shape index (κ2) is 14.1. The molecule has 2 aliphatic rings. The standard InChI is InChI=1S/C27H37IN2O7/c1-3-4-9-24(33)30(19-7-5-6-8-19)21-14-18(27(35)29-10-11-31)15-22(25(21)34)37-26-20(28)12-17(16-32)13-23(26)36-2/h4,9,12-13,15,19,21-22,25,31-32,34H,3,5-8,10-11,14,16H2,1-2H3,(H,29,35). The van der Waals surface area contributed by atoms with Gasteiger partial charge in [0.2, 0.25) is 11.8 Å². The fourth-order valence-electron chi connectivity index (χ4n) is 4.96. The molecular weight excluding hydrogens is 591 g/mol. The van der Waals surface area contributed by atoms with Crippen LogP contribution in [0.4, 0.5) is 0 Å². The first-order valence-electron chi connectivity index (χ1n) is 12.7. The highest BCUT2D eigenvalue weighted by Gasteiger charge is 2.43. The molecule has 0 saturated heterocycles. The third-order valence-corrected chi connectivity index (χ3v) is 7.57. The highest BCUT2D eigenvalue weighted by atomic mass is 127. The molecular formula is C27H37IN2O7. The fraction of sp³-hybridized carbons (Fsp3) is 0.556. The van der Waals surface area contributed by atoms with E-state index < -0.39 is 18.2 Å². The Kier molecular flexibility index (Phi) is 11.2. The molecule has 0 heterocycles. The Balaban J connectivity index is 2.02. The van der Waals surface area contributed by atoms with E-state index in [9.17, 15) is 24.9 Å². The van der Waals surface area contributed by atoms with Crippen molar-refractivity contribution in [2.24, 2.45) is 0 Å². The van der Waals surface area contributed by atoms with Crippen molar-refractivity contribution in [1.29, 1.82) is 0 Å². The lowest BCUT2D eigenvalue weighted by Gasteiger charge is -2.43. The van der Waals surface area contributed by atoms with Crippen molar-refractivity contribution < 1.29 is 34.4 Å². The SMILES string of the molecule is CCC=CC(=O)N(C1CCCC1)C1CC(C(=O)NCCO)=CC(Oc2c(I)cc(CO)cc2OC)C1O. The first-order valence-corrected chi connectivity index (χ1v) is 13.8. The number of ether oxygens (including phenoxy) is 2. The number of aliphatic hydroxyl groups is 3. The van der Waals surface area contributed by atoms with E-state index in [2.05, 4.69) is 27.9 Å². The van der Waals surface area contributed by atoms with Crippen LogP contribution in [0, 0.1) is 3.57 Å². The highest BCUT2D eigenvalue weighted by Crippen LogP contribution is 2.38. The molecule has 3 unspecified atom stereocenters. The van der Waals surface area contributed by atoms with E-state index >= 15 is 0 Å². The minimum atomic E-state index is -1.10. The molecule has 3 rings (SSSR count). The smallest absolute Gasteiger partial charge is 0.247 e. The number of allylic oxidation sites excluding steroid dienone is 1. The Labute approximate surface area is 231 Å². The first kappa shape index (κ1) is 29.4. The van der Waals surface area contributed by atoms with E-state index in [-0.39, 0.29) is 44.0 Å². The molecule has 204 valence electrons. The van der Waals surface area contributed by atoms with E-state index in [1.165, 1.54) is 7.11 Å². The summed E-state index contributed by atoms with van der Waals surface area (Å²) in [5.41, 5.74) is 1.03. The van der Waals surface area contributed by atoms with E-state index in [0.29, 0.717) is 32.6 Å². The number of rotatable bonds is 11. The molecule has 0 bridgehead atoms. The van der Waals surface area contributed by atoms with E-state index in [0.717, 1.165) is 25.7 Å². The Bertz CT molecular complexity index is 1010. The van der Waals surface area contributed by atoms with Crippen LogP contribution in [0.5, 0.6) is 11.5 Å². The van der Waals surface area contributed by atoms with Crippen LogP contribution in [0.2, 0.25) is 0 Å². The number of nitrogens with one attached hydrogen (secondary N) is 1. The van der Waals surface area contributed by atoms with E-state index in [1.807, 2.05) is 6.92 Å². The molecule has 0 aliphatic heterocycles. The van der Waals surface area contributed by atoms with Gasteiger partial charge in [-0.25, -0.2) is 0 Å². The molecule has 9 nitrogen and oxygen atoms in total. The quantitative estimate of drug-likeness (QED) is 0.219. The number of carbonyl (C=O) groups is 2. The number of amides is 2. The van der Waals surface area contributed by atoms with Gasteiger partial charge in [-0.3, -0.25) is 9.59 Å². The topological polar surface area (TPSA) is 129 Å². The van der Waals surface area contributed by atoms with Gasteiger partial charge in [-0.1, -0.05) is 25.8 Å². The van der Waals surface area contributed by atoms with Gasteiger partial charge in [-0.15, -0.1) is 0 Å². The maximum absolute atomic E-state index is 13.4. The van der Waals surface area contributed by atoms with Gasteiger partial charge in [-0.05, 0) is 71.7 Å². The predicted octanol–water partition coefficient (Wildman–Crippen LogP) is 2.45. The summed E-state index contributed by atoms with van der Waals surface area (Å²) in [6, 6.07) is 2.70. The van der Waals surface area contributed by atoms with Gasteiger partial charge in [-0.2, -0.15) is 0 Å². The lowest BCUT2D eigenvalue weighted by Crippen LogP contribution is -2.57. The lowest BCUT2D eigenvalue weighted by molar-refractivity contribution is -0.136. The van der Waals surface area contributed by atoms with Crippen molar-refractivity contribution in [3.05, 3.63) is 45.1 Å². The zero-order chi connectivity index (χ0) is 26.9. The molecule has 3 atom stereocenters. The van der Waals surface area contributed by atoms with Crippen molar-refractivity contribution in [3.63, 3.8) is 0 Å². The molecule has 2 aliphatic carbocycles. The maximum Gasteiger partial charge on any atom is 0.247 e. The summed E-state index contributed by atoms with van der Waals surface area (Å²) in [7, 11) is 1.49. The number of aliphatic hydroxyl groups excluding tert-OH is 3. The molecule has 0 aromatic heterocycles. The van der Waals surface area contributed by atoms with E-state index in [4.69, 9.17) is 9.47 Å². The van der Waals surface area contributed by atoms with Gasteiger partial charge in [0, 0.05) is 24.6 Å². The number of hydrogen-bond acceptors (Lipinski definition) is 7. The monoisotopic (exact) mass is 628 g/mol. The largest absolute Gasteiger partial charge is 0.493 e. The van der Waals surface area contributed by atoms with Crippen molar-refractivity contribution in [2.75, 3.05) is 20.3 Å². The molecule has 1 aromatic rings. The van der Waals surface area contributed by atoms with Crippen LogP contribution >= 0.6 is 22.6 Å². The summed E-state index contributed by atoms with van der Waals surface area (Å²) in [6.45, 7) is 1.67. The minimum absolute atomic E-state index is 0.0346. The average Bonchev–Trinajstić information content (AvgIpc) is 3.43. The van der Waals surface area contributed by atoms with Crippen LogP contribution in [-0.4, -0.2) is 76.6 Å². The molecule has 2 amide bonds. The summed E-state index contributed by atoms with van der Waals surface area (Å²) in [5.74, 6) is 0.202. The predicted molar refractivity (Wildman–Crippen MR) is 147 cm³/mol. The van der Waals surface area contributed by atoms with Crippen LogP contribution in [-0.2, 0) is 16.2 Å². The van der Waals surface area contributed by atoms with Crippen molar-refractivity contribution >= 4 is 34.4 Å². The number of nitrogens with zero attached hydrogens (tertiary/aromatic N) is 1. The third-order valence-electron chi connectivity index (χ3n) is 6.77.